The highest BCUT2D eigenvalue weighted by atomic mass is 127. The molecule has 242 valence electrons. The van der Waals surface area contributed by atoms with Crippen LogP contribution < -0.4 is 31.6 Å². The standard InChI is InChI=1S/C25H26I6N4O9/c26-12-5-14(28)24(20(30)22(12)32)41-3-1-16(37)34-7-18(39)43-9-11(36)10-44-19(40)8-35-17(38)2-4-42-25-15(29)6-13(27)23(33)21(25)31/h5-6,11,36H,1-4,7-10,32-33H2,(H,34,37)(H,35,38). The van der Waals surface area contributed by atoms with Gasteiger partial charge in [0.05, 0.1) is 51.7 Å². The first-order valence-electron chi connectivity index (χ1n) is 12.3. The van der Waals surface area contributed by atoms with Crippen LogP contribution in [-0.4, -0.2) is 74.5 Å². The van der Waals surface area contributed by atoms with Crippen LogP contribution in [0.4, 0.5) is 11.4 Å². The van der Waals surface area contributed by atoms with Crippen molar-refractivity contribution in [2.24, 2.45) is 0 Å². The molecule has 2 aromatic rings. The fourth-order valence-corrected chi connectivity index (χ4v) is 10.3. The first-order chi connectivity index (χ1) is 20.7. The van der Waals surface area contributed by atoms with Gasteiger partial charge in [0.25, 0.3) is 0 Å². The van der Waals surface area contributed by atoms with Gasteiger partial charge in [0.1, 0.15) is 43.9 Å². The zero-order valence-corrected chi connectivity index (χ0v) is 35.5. The van der Waals surface area contributed by atoms with Crippen molar-refractivity contribution in [3.8, 4) is 11.5 Å². The number of anilines is 2. The molecule has 19 heteroatoms. The number of nitrogens with one attached hydrogen (secondary N) is 2. The molecule has 0 aliphatic carbocycles. The minimum absolute atomic E-state index is 0.00612. The molecule has 2 aromatic carbocycles. The second-order valence-electron chi connectivity index (χ2n) is 8.56. The van der Waals surface area contributed by atoms with E-state index in [0.717, 1.165) is 21.4 Å². The van der Waals surface area contributed by atoms with Crippen LogP contribution in [0.2, 0.25) is 0 Å². The van der Waals surface area contributed by atoms with Gasteiger partial charge in [-0.3, -0.25) is 19.2 Å². The lowest BCUT2D eigenvalue weighted by atomic mass is 10.3. The highest BCUT2D eigenvalue weighted by Crippen LogP contribution is 2.36. The fourth-order valence-electron chi connectivity index (χ4n) is 2.98. The third kappa shape index (κ3) is 13.5. The molecule has 0 aliphatic rings. The Morgan fingerprint density at radius 1 is 0.682 bits per heavy atom. The Balaban J connectivity index is 1.57. The van der Waals surface area contributed by atoms with Gasteiger partial charge in [-0.2, -0.15) is 0 Å². The van der Waals surface area contributed by atoms with Crippen molar-refractivity contribution in [3.05, 3.63) is 33.6 Å². The number of hydrogen-bond donors (Lipinski definition) is 5. The summed E-state index contributed by atoms with van der Waals surface area (Å²) in [6.07, 6.45) is -1.31. The summed E-state index contributed by atoms with van der Waals surface area (Å²) in [5.74, 6) is -1.26. The fraction of sp³-hybridized carbons (Fsp3) is 0.360. The van der Waals surface area contributed by atoms with E-state index in [1.54, 1.807) is 0 Å². The number of amides is 2. The van der Waals surface area contributed by atoms with Gasteiger partial charge in [-0.1, -0.05) is 0 Å². The number of halogens is 6. The highest BCUT2D eigenvalue weighted by molar-refractivity contribution is 14.1. The summed E-state index contributed by atoms with van der Waals surface area (Å²) in [6.45, 7) is -1.59. The third-order valence-electron chi connectivity index (χ3n) is 5.21. The summed E-state index contributed by atoms with van der Waals surface area (Å²) in [5.41, 5.74) is 13.2. The van der Waals surface area contributed by atoms with Gasteiger partial charge >= 0.3 is 11.9 Å². The third-order valence-corrected chi connectivity index (χ3v) is 10.7. The number of carbonyl (C=O) groups excluding carboxylic acids is 4. The molecule has 0 radical (unpaired) electrons. The molecule has 0 saturated carbocycles. The second kappa shape index (κ2) is 20.3. The molecule has 7 N–H and O–H groups in total. The van der Waals surface area contributed by atoms with Crippen molar-refractivity contribution >= 4 is 171 Å². The first-order valence-corrected chi connectivity index (χ1v) is 18.8. The summed E-state index contributed by atoms with van der Waals surface area (Å²) >= 11 is 12.7. The Morgan fingerprint density at radius 2 is 1.05 bits per heavy atom. The molecular weight excluding hydrogens is 1260 g/mol. The molecule has 2 amide bonds. The lowest BCUT2D eigenvalue weighted by Gasteiger charge is -2.14. The van der Waals surface area contributed by atoms with Crippen molar-refractivity contribution in [2.45, 2.75) is 18.9 Å². The Kier molecular flexibility index (Phi) is 18.4. The van der Waals surface area contributed by atoms with Gasteiger partial charge in [0.15, 0.2) is 0 Å². The molecule has 0 spiro atoms. The first kappa shape index (κ1) is 40.0. The molecule has 0 heterocycles. The van der Waals surface area contributed by atoms with E-state index in [1.807, 2.05) is 12.1 Å². The normalized spacial score (nSPS) is 10.7. The Morgan fingerprint density at radius 3 is 1.41 bits per heavy atom. The number of esters is 2. The maximum atomic E-state index is 12.0. The molecule has 0 aliphatic heterocycles. The zero-order chi connectivity index (χ0) is 33.0. The predicted octanol–water partition coefficient (Wildman–Crippen LogP) is 3.40. The van der Waals surface area contributed by atoms with Crippen LogP contribution >= 0.6 is 136 Å². The molecule has 0 unspecified atom stereocenters. The van der Waals surface area contributed by atoms with E-state index in [4.69, 9.17) is 30.4 Å². The van der Waals surface area contributed by atoms with Crippen LogP contribution in [0.5, 0.6) is 11.5 Å². The number of hydrogen-bond acceptors (Lipinski definition) is 11. The van der Waals surface area contributed by atoms with E-state index < -0.39 is 56.2 Å². The van der Waals surface area contributed by atoms with Gasteiger partial charge < -0.3 is 46.2 Å². The van der Waals surface area contributed by atoms with Crippen molar-refractivity contribution in [2.75, 3.05) is 51.0 Å². The number of rotatable bonds is 16. The van der Waals surface area contributed by atoms with Crippen molar-refractivity contribution in [1.82, 2.24) is 10.6 Å². The number of nitrogens with two attached hydrogens (primary N) is 2. The predicted molar refractivity (Wildman–Crippen MR) is 212 cm³/mol. The average molecular weight is 1290 g/mol. The number of aliphatic hydroxyl groups excluding tert-OH is 1. The maximum Gasteiger partial charge on any atom is 0.325 e. The lowest BCUT2D eigenvalue weighted by molar-refractivity contribution is -0.152. The van der Waals surface area contributed by atoms with Crippen LogP contribution in [0, 0.1) is 21.4 Å². The quantitative estimate of drug-likeness (QED) is 0.0938. The van der Waals surface area contributed by atoms with Crippen LogP contribution in [0.3, 0.4) is 0 Å². The summed E-state index contributed by atoms with van der Waals surface area (Å²) in [7, 11) is 0. The number of ether oxygens (including phenoxy) is 4. The molecule has 13 nitrogen and oxygen atoms in total. The van der Waals surface area contributed by atoms with Gasteiger partial charge in [0, 0.05) is 7.14 Å². The SMILES string of the molecule is Nc1c(I)cc(I)c(OCCC(=O)NCC(=O)OCC(O)COC(=O)CNC(=O)CCOc2c(I)cc(I)c(N)c2I)c1I. The minimum Gasteiger partial charge on any atom is -0.491 e. The largest absolute Gasteiger partial charge is 0.491 e. The molecule has 0 aromatic heterocycles. The summed E-state index contributed by atoms with van der Waals surface area (Å²) in [6, 6.07) is 3.75. The number of nitrogen functional groups attached to an aromatic ring is 2. The van der Waals surface area contributed by atoms with E-state index in [2.05, 4.69) is 146 Å². The van der Waals surface area contributed by atoms with E-state index in [1.165, 1.54) is 0 Å². The average Bonchev–Trinajstić information content (AvgIpc) is 2.97. The number of benzene rings is 2. The lowest BCUT2D eigenvalue weighted by Crippen LogP contribution is -2.35. The summed E-state index contributed by atoms with van der Waals surface area (Å²) in [5, 5.41) is 14.7. The zero-order valence-electron chi connectivity index (χ0n) is 22.5. The van der Waals surface area contributed by atoms with Gasteiger partial charge in [-0.05, 0) is 148 Å². The van der Waals surface area contributed by atoms with E-state index in [-0.39, 0.29) is 26.1 Å². The molecule has 0 fully saturated rings. The smallest absolute Gasteiger partial charge is 0.325 e. The van der Waals surface area contributed by atoms with E-state index >= 15 is 0 Å². The molecule has 0 bridgehead atoms. The van der Waals surface area contributed by atoms with Gasteiger partial charge in [0.2, 0.25) is 11.8 Å². The molecular formula is C25H26I6N4O9. The summed E-state index contributed by atoms with van der Waals surface area (Å²) < 4.78 is 26.2. The van der Waals surface area contributed by atoms with Crippen LogP contribution in [-0.2, 0) is 28.7 Å². The Bertz CT molecular complexity index is 1280. The van der Waals surface area contributed by atoms with E-state index in [0.29, 0.717) is 22.9 Å². The number of aliphatic hydroxyl groups is 1. The van der Waals surface area contributed by atoms with Crippen LogP contribution in [0.1, 0.15) is 12.8 Å². The highest BCUT2D eigenvalue weighted by Gasteiger charge is 2.17. The number of carbonyl (C=O) groups is 4. The minimum atomic E-state index is -1.30. The van der Waals surface area contributed by atoms with Crippen molar-refractivity contribution < 1.29 is 43.2 Å². The van der Waals surface area contributed by atoms with Crippen LogP contribution in [0.15, 0.2) is 12.1 Å². The van der Waals surface area contributed by atoms with Gasteiger partial charge in [-0.15, -0.1) is 0 Å². The molecule has 0 saturated heterocycles. The Labute approximate surface area is 334 Å². The van der Waals surface area contributed by atoms with E-state index in [9.17, 15) is 24.3 Å². The molecule has 2 rings (SSSR count). The Hall–Kier alpha value is -0.140. The van der Waals surface area contributed by atoms with Crippen LogP contribution in [0.25, 0.3) is 0 Å². The monoisotopic (exact) mass is 1290 g/mol. The summed E-state index contributed by atoms with van der Waals surface area (Å²) in [4.78, 5) is 47.9. The maximum absolute atomic E-state index is 12.0. The molecule has 44 heavy (non-hydrogen) atoms. The van der Waals surface area contributed by atoms with Crippen molar-refractivity contribution in [1.29, 1.82) is 0 Å². The molecule has 0 atom stereocenters. The topological polar surface area (TPSA) is 202 Å². The van der Waals surface area contributed by atoms with Gasteiger partial charge in [-0.25, -0.2) is 0 Å². The van der Waals surface area contributed by atoms with Crippen molar-refractivity contribution in [3.63, 3.8) is 0 Å². The second-order valence-corrected chi connectivity index (χ2v) is 15.4.